The molecule has 1 aromatic carbocycles. The number of hydrogen-bond acceptors (Lipinski definition) is 3. The van der Waals surface area contributed by atoms with Crippen LogP contribution in [0.15, 0.2) is 12.1 Å². The molecule has 0 aromatic heterocycles. The summed E-state index contributed by atoms with van der Waals surface area (Å²) in [6.07, 6.45) is 0.770. The van der Waals surface area contributed by atoms with E-state index in [0.29, 0.717) is 22.9 Å². The molecule has 0 fully saturated rings. The average Bonchev–Trinajstić information content (AvgIpc) is 2.31. The fraction of sp³-hybridized carbons (Fsp3) is 0.462. The number of rotatable bonds is 7. The number of ether oxygens (including phenoxy) is 2. The van der Waals surface area contributed by atoms with Crippen LogP contribution in [0.1, 0.15) is 10.4 Å². The zero-order valence-corrected chi connectivity index (χ0v) is 15.2. The summed E-state index contributed by atoms with van der Waals surface area (Å²) in [5, 5.41) is 0.486. The molecular weight excluding hydrogens is 395 g/mol. The van der Waals surface area contributed by atoms with Crippen molar-refractivity contribution in [3.05, 3.63) is 26.3 Å². The van der Waals surface area contributed by atoms with Crippen LogP contribution in [0.4, 0.5) is 0 Å². The topological polar surface area (TPSA) is 35.5 Å². The molecule has 0 saturated heterocycles. The molecule has 106 valence electrons. The molecule has 0 saturated carbocycles. The van der Waals surface area contributed by atoms with Gasteiger partial charge in [0.05, 0.1) is 3.57 Å². The molecule has 0 aliphatic rings. The van der Waals surface area contributed by atoms with E-state index in [9.17, 15) is 4.79 Å². The van der Waals surface area contributed by atoms with E-state index in [1.807, 2.05) is 0 Å². The van der Waals surface area contributed by atoms with E-state index >= 15 is 0 Å². The molecule has 6 heteroatoms. The van der Waals surface area contributed by atoms with E-state index in [0.717, 1.165) is 15.9 Å². The molecular formula is C13H18ClIO3Si. The zero-order valence-electron chi connectivity index (χ0n) is 11.3. The summed E-state index contributed by atoms with van der Waals surface area (Å²) in [5.74, 6) is 0.586. The molecule has 1 aromatic rings. The lowest BCUT2D eigenvalue weighted by Crippen LogP contribution is -2.22. The van der Waals surface area contributed by atoms with Gasteiger partial charge in [-0.3, -0.25) is 4.79 Å². The molecule has 0 aliphatic carbocycles. The van der Waals surface area contributed by atoms with Crippen molar-refractivity contribution < 1.29 is 14.3 Å². The van der Waals surface area contributed by atoms with Gasteiger partial charge in [-0.05, 0) is 34.7 Å². The van der Waals surface area contributed by atoms with Crippen LogP contribution in [0.5, 0.6) is 5.75 Å². The molecule has 3 nitrogen and oxygen atoms in total. The van der Waals surface area contributed by atoms with Crippen molar-refractivity contribution in [3.63, 3.8) is 0 Å². The number of carbonyl (C=O) groups excluding carboxylic acids is 1. The molecule has 0 bridgehead atoms. The molecule has 0 N–H and O–H groups in total. The second kappa shape index (κ2) is 7.61. The van der Waals surface area contributed by atoms with Gasteiger partial charge in [-0.1, -0.05) is 31.2 Å². The lowest BCUT2D eigenvalue weighted by Gasteiger charge is -2.16. The van der Waals surface area contributed by atoms with Crippen molar-refractivity contribution in [1.29, 1.82) is 0 Å². The number of hydrogen-bond donors (Lipinski definition) is 0. The van der Waals surface area contributed by atoms with Crippen molar-refractivity contribution >= 4 is 48.6 Å². The zero-order chi connectivity index (χ0) is 14.5. The molecule has 1 rings (SSSR count). The summed E-state index contributed by atoms with van der Waals surface area (Å²) in [6.45, 7) is 7.78. The Hall–Kier alpha value is -0.113. The Kier molecular flexibility index (Phi) is 6.79. The third-order valence-electron chi connectivity index (χ3n) is 2.45. The predicted molar refractivity (Wildman–Crippen MR) is 89.2 cm³/mol. The van der Waals surface area contributed by atoms with Crippen LogP contribution >= 0.6 is 34.2 Å². The summed E-state index contributed by atoms with van der Waals surface area (Å²) in [4.78, 5) is 10.9. The van der Waals surface area contributed by atoms with Gasteiger partial charge >= 0.3 is 0 Å². The maximum atomic E-state index is 10.9. The van der Waals surface area contributed by atoms with Gasteiger partial charge < -0.3 is 9.47 Å². The molecule has 0 unspecified atom stereocenters. The highest BCUT2D eigenvalue weighted by molar-refractivity contribution is 14.1. The molecule has 0 amide bonds. The first-order valence-electron chi connectivity index (χ1n) is 5.98. The van der Waals surface area contributed by atoms with Crippen LogP contribution in [-0.4, -0.2) is 27.8 Å². The molecule has 0 aliphatic heterocycles. The SMILES string of the molecule is C[Si](C)(C)CCOCOc1cc(Cl)cc(C=O)c1I. The number of aldehydes is 1. The summed E-state index contributed by atoms with van der Waals surface area (Å²) < 4.78 is 11.7. The molecule has 0 atom stereocenters. The fourth-order valence-corrected chi connectivity index (χ4v) is 2.89. The van der Waals surface area contributed by atoms with Crippen molar-refractivity contribution in [2.45, 2.75) is 25.7 Å². The normalized spacial score (nSPS) is 11.4. The lowest BCUT2D eigenvalue weighted by molar-refractivity contribution is 0.0215. The van der Waals surface area contributed by atoms with E-state index in [2.05, 4.69) is 42.2 Å². The van der Waals surface area contributed by atoms with E-state index in [1.54, 1.807) is 12.1 Å². The van der Waals surface area contributed by atoms with Crippen LogP contribution < -0.4 is 4.74 Å². The molecule has 0 heterocycles. The van der Waals surface area contributed by atoms with E-state index in [4.69, 9.17) is 21.1 Å². The maximum Gasteiger partial charge on any atom is 0.189 e. The van der Waals surface area contributed by atoms with E-state index < -0.39 is 8.07 Å². The highest BCUT2D eigenvalue weighted by Gasteiger charge is 2.12. The van der Waals surface area contributed by atoms with Gasteiger partial charge in [-0.25, -0.2) is 0 Å². The lowest BCUT2D eigenvalue weighted by atomic mass is 10.2. The summed E-state index contributed by atoms with van der Waals surface area (Å²) in [7, 11) is -1.07. The molecule has 0 spiro atoms. The van der Waals surface area contributed by atoms with Crippen LogP contribution in [0.3, 0.4) is 0 Å². The van der Waals surface area contributed by atoms with Crippen LogP contribution in [0.25, 0.3) is 0 Å². The summed E-state index contributed by atoms with van der Waals surface area (Å²) >= 11 is 7.99. The Morgan fingerprint density at radius 1 is 1.37 bits per heavy atom. The second-order valence-electron chi connectivity index (χ2n) is 5.41. The van der Waals surface area contributed by atoms with Crippen LogP contribution in [0.2, 0.25) is 30.7 Å². The van der Waals surface area contributed by atoms with Crippen LogP contribution in [-0.2, 0) is 4.74 Å². The Bertz CT molecular complexity index is 446. The standard InChI is InChI=1S/C13H18ClIO3Si/c1-19(2,3)5-4-17-9-18-12-7-11(14)6-10(8-16)13(12)15/h6-8H,4-5,9H2,1-3H3. The quantitative estimate of drug-likeness (QED) is 0.218. The summed E-state index contributed by atoms with van der Waals surface area (Å²) in [6, 6.07) is 4.41. The minimum Gasteiger partial charge on any atom is -0.466 e. The van der Waals surface area contributed by atoms with Gasteiger partial charge in [0.2, 0.25) is 0 Å². The van der Waals surface area contributed by atoms with E-state index in [1.165, 1.54) is 0 Å². The van der Waals surface area contributed by atoms with Gasteiger partial charge in [0.15, 0.2) is 13.1 Å². The average molecular weight is 413 g/mol. The fourth-order valence-electron chi connectivity index (χ4n) is 1.32. The van der Waals surface area contributed by atoms with Gasteiger partial charge in [0.1, 0.15) is 5.75 Å². The van der Waals surface area contributed by atoms with Gasteiger partial charge in [0.25, 0.3) is 0 Å². The van der Waals surface area contributed by atoms with Gasteiger partial charge in [0, 0.05) is 31.3 Å². The van der Waals surface area contributed by atoms with E-state index in [-0.39, 0.29) is 6.79 Å². The third kappa shape index (κ3) is 6.24. The Balaban J connectivity index is 2.50. The van der Waals surface area contributed by atoms with Crippen LogP contribution in [0, 0.1) is 3.57 Å². The minimum atomic E-state index is -1.07. The number of halogens is 2. The highest BCUT2D eigenvalue weighted by Crippen LogP contribution is 2.28. The summed E-state index contributed by atoms with van der Waals surface area (Å²) in [5.41, 5.74) is 0.533. The first-order valence-corrected chi connectivity index (χ1v) is 11.1. The third-order valence-corrected chi connectivity index (χ3v) is 5.53. The van der Waals surface area contributed by atoms with Gasteiger partial charge in [-0.2, -0.15) is 0 Å². The number of carbonyl (C=O) groups is 1. The first-order chi connectivity index (χ1) is 8.83. The van der Waals surface area contributed by atoms with Crippen molar-refractivity contribution in [2.75, 3.05) is 13.4 Å². The monoisotopic (exact) mass is 412 g/mol. The molecule has 19 heavy (non-hydrogen) atoms. The Morgan fingerprint density at radius 3 is 2.63 bits per heavy atom. The van der Waals surface area contributed by atoms with Crippen molar-refractivity contribution in [1.82, 2.24) is 0 Å². The first kappa shape index (κ1) is 16.9. The van der Waals surface area contributed by atoms with Crippen molar-refractivity contribution in [2.24, 2.45) is 0 Å². The number of benzene rings is 1. The second-order valence-corrected chi connectivity index (χ2v) is 12.5. The van der Waals surface area contributed by atoms with Crippen molar-refractivity contribution in [3.8, 4) is 5.75 Å². The molecule has 0 radical (unpaired) electrons. The Morgan fingerprint density at radius 2 is 2.05 bits per heavy atom. The maximum absolute atomic E-state index is 10.9. The highest BCUT2D eigenvalue weighted by atomic mass is 127. The smallest absolute Gasteiger partial charge is 0.189 e. The van der Waals surface area contributed by atoms with Gasteiger partial charge in [-0.15, -0.1) is 0 Å². The Labute approximate surface area is 133 Å². The minimum absolute atomic E-state index is 0.180. The largest absolute Gasteiger partial charge is 0.466 e. The predicted octanol–water partition coefficient (Wildman–Crippen LogP) is 4.45.